The van der Waals surface area contributed by atoms with Crippen molar-refractivity contribution in [2.24, 2.45) is 0 Å². The summed E-state index contributed by atoms with van der Waals surface area (Å²) in [6.07, 6.45) is 9.05. The van der Waals surface area contributed by atoms with Crippen LogP contribution in [0.4, 0.5) is 28.8 Å². The Bertz CT molecular complexity index is 1290. The molecule has 0 saturated carbocycles. The zero-order chi connectivity index (χ0) is 25.6. The van der Waals surface area contributed by atoms with Gasteiger partial charge in [0.2, 0.25) is 5.95 Å². The number of hydrogen-bond donors (Lipinski definition) is 2. The van der Waals surface area contributed by atoms with Crippen molar-refractivity contribution in [3.63, 3.8) is 0 Å². The van der Waals surface area contributed by atoms with Gasteiger partial charge in [-0.1, -0.05) is 23.6 Å². The van der Waals surface area contributed by atoms with Gasteiger partial charge in [-0.2, -0.15) is 4.98 Å². The van der Waals surface area contributed by atoms with E-state index in [1.807, 2.05) is 12.1 Å². The van der Waals surface area contributed by atoms with Gasteiger partial charge >= 0.3 is 0 Å². The maximum atomic E-state index is 6.45. The van der Waals surface area contributed by atoms with Gasteiger partial charge in [0.25, 0.3) is 0 Å². The number of morpholine rings is 1. The van der Waals surface area contributed by atoms with Crippen LogP contribution in [0.2, 0.25) is 5.02 Å². The minimum atomic E-state index is 0.417. The molecule has 1 fully saturated rings. The van der Waals surface area contributed by atoms with Crippen LogP contribution in [-0.4, -0.2) is 67.9 Å². The van der Waals surface area contributed by atoms with Crippen molar-refractivity contribution in [1.82, 2.24) is 14.9 Å². The van der Waals surface area contributed by atoms with Crippen LogP contribution in [0.5, 0.6) is 5.75 Å². The normalized spacial score (nSPS) is 15.9. The van der Waals surface area contributed by atoms with E-state index in [0.717, 1.165) is 69.3 Å². The second-order valence-corrected chi connectivity index (χ2v) is 9.50. The predicted molar refractivity (Wildman–Crippen MR) is 149 cm³/mol. The highest BCUT2D eigenvalue weighted by Crippen LogP contribution is 2.34. The van der Waals surface area contributed by atoms with Crippen LogP contribution in [-0.2, 0) is 17.6 Å². The second-order valence-electron chi connectivity index (χ2n) is 9.09. The minimum absolute atomic E-state index is 0.417. The summed E-state index contributed by atoms with van der Waals surface area (Å²) in [7, 11) is 1.66. The average Bonchev–Trinajstić information content (AvgIpc) is 3.13. The highest BCUT2D eigenvalue weighted by atomic mass is 35.5. The molecule has 192 valence electrons. The molecule has 2 aliphatic heterocycles. The summed E-state index contributed by atoms with van der Waals surface area (Å²) < 4.78 is 11.1. The fraction of sp³-hybridized carbons (Fsp3) is 0.357. The lowest BCUT2D eigenvalue weighted by Gasteiger charge is -2.29. The Morgan fingerprint density at radius 2 is 1.86 bits per heavy atom. The Morgan fingerprint density at radius 3 is 2.65 bits per heavy atom. The molecule has 3 aromatic rings. The van der Waals surface area contributed by atoms with E-state index in [1.54, 1.807) is 13.3 Å². The second kappa shape index (κ2) is 11.7. The molecule has 1 saturated heterocycles. The first kappa shape index (κ1) is 25.2. The van der Waals surface area contributed by atoms with E-state index in [9.17, 15) is 0 Å². The molecule has 0 amide bonds. The Labute approximate surface area is 223 Å². The lowest BCUT2D eigenvalue weighted by Crippen LogP contribution is -2.36. The molecule has 0 radical (unpaired) electrons. The number of nitrogens with one attached hydrogen (secondary N) is 2. The van der Waals surface area contributed by atoms with Gasteiger partial charge in [0.05, 0.1) is 38.8 Å². The number of methoxy groups -OCH3 is 1. The number of fused-ring (bicyclic) bond motifs is 1. The highest BCUT2D eigenvalue weighted by molar-refractivity contribution is 6.33. The van der Waals surface area contributed by atoms with Gasteiger partial charge in [0, 0.05) is 43.6 Å². The zero-order valence-corrected chi connectivity index (χ0v) is 21.7. The van der Waals surface area contributed by atoms with Gasteiger partial charge in [0.1, 0.15) is 10.8 Å². The highest BCUT2D eigenvalue weighted by Gasteiger charge is 2.16. The van der Waals surface area contributed by atoms with Crippen molar-refractivity contribution in [2.45, 2.75) is 12.8 Å². The third-order valence-electron chi connectivity index (χ3n) is 6.73. The number of ether oxygens (including phenoxy) is 2. The van der Waals surface area contributed by atoms with Crippen molar-refractivity contribution in [3.05, 3.63) is 58.7 Å². The topological polar surface area (TPSA) is 74.8 Å². The SMILES string of the molecule is C#CCN1CCc2ccc(Nc3ncc(Cl)c(Nc4ccc(N5CCOCC5)cc4OC)n3)cc2CC1. The molecule has 0 aliphatic carbocycles. The molecule has 2 N–H and O–H groups in total. The van der Waals surface area contributed by atoms with Crippen LogP contribution in [0.1, 0.15) is 11.1 Å². The van der Waals surface area contributed by atoms with Crippen LogP contribution < -0.4 is 20.3 Å². The Hall–Kier alpha value is -3.51. The minimum Gasteiger partial charge on any atom is -0.494 e. The molecule has 5 rings (SSSR count). The molecule has 0 bridgehead atoms. The first-order chi connectivity index (χ1) is 18.1. The van der Waals surface area contributed by atoms with E-state index < -0.39 is 0 Å². The van der Waals surface area contributed by atoms with Gasteiger partial charge in [-0.25, -0.2) is 4.98 Å². The summed E-state index contributed by atoms with van der Waals surface area (Å²) in [6.45, 7) is 5.79. The maximum Gasteiger partial charge on any atom is 0.229 e. The van der Waals surface area contributed by atoms with Gasteiger partial charge < -0.3 is 25.0 Å². The van der Waals surface area contributed by atoms with Gasteiger partial charge in [-0.15, -0.1) is 6.42 Å². The first-order valence-electron chi connectivity index (χ1n) is 12.5. The van der Waals surface area contributed by atoms with E-state index >= 15 is 0 Å². The van der Waals surface area contributed by atoms with E-state index in [1.165, 1.54) is 11.1 Å². The lowest BCUT2D eigenvalue weighted by atomic mass is 10.0. The molecule has 2 aliphatic rings. The number of anilines is 5. The van der Waals surface area contributed by atoms with E-state index in [0.29, 0.717) is 29.1 Å². The van der Waals surface area contributed by atoms with Crippen molar-refractivity contribution in [1.29, 1.82) is 0 Å². The van der Waals surface area contributed by atoms with Crippen molar-refractivity contribution >= 4 is 40.4 Å². The Kier molecular flexibility index (Phi) is 7.95. The summed E-state index contributed by atoms with van der Waals surface area (Å²) in [6, 6.07) is 12.5. The number of nitrogens with zero attached hydrogens (tertiary/aromatic N) is 4. The standard InChI is InChI=1S/C28H31ClN6O2/c1-3-10-34-11-8-20-4-5-22(17-21(20)9-12-34)31-28-30-19-24(29)27(33-28)32-25-7-6-23(18-26(25)36-2)35-13-15-37-16-14-35/h1,4-7,17-19H,8-16H2,2H3,(H2,30,31,32,33). The van der Waals surface area contributed by atoms with Crippen molar-refractivity contribution in [2.75, 3.05) is 68.6 Å². The average molecular weight is 519 g/mol. The zero-order valence-electron chi connectivity index (χ0n) is 21.0. The monoisotopic (exact) mass is 518 g/mol. The van der Waals surface area contributed by atoms with Crippen LogP contribution in [0.3, 0.4) is 0 Å². The smallest absolute Gasteiger partial charge is 0.229 e. The van der Waals surface area contributed by atoms with Crippen molar-refractivity contribution in [3.8, 4) is 18.1 Å². The number of rotatable bonds is 7. The third-order valence-corrected chi connectivity index (χ3v) is 7.01. The quantitative estimate of drug-likeness (QED) is 0.443. The maximum absolute atomic E-state index is 6.45. The first-order valence-corrected chi connectivity index (χ1v) is 12.9. The van der Waals surface area contributed by atoms with Crippen LogP contribution in [0, 0.1) is 12.3 Å². The number of hydrogen-bond acceptors (Lipinski definition) is 8. The molecule has 2 aromatic carbocycles. The lowest BCUT2D eigenvalue weighted by molar-refractivity contribution is 0.122. The van der Waals surface area contributed by atoms with E-state index in [2.05, 4.69) is 60.6 Å². The number of terminal acetylenes is 1. The summed E-state index contributed by atoms with van der Waals surface area (Å²) >= 11 is 6.45. The Balaban J connectivity index is 1.31. The van der Waals surface area contributed by atoms with Gasteiger partial charge in [-0.05, 0) is 48.2 Å². The molecule has 0 unspecified atom stereocenters. The molecule has 3 heterocycles. The molecule has 0 spiro atoms. The van der Waals surface area contributed by atoms with Crippen LogP contribution in [0.25, 0.3) is 0 Å². The van der Waals surface area contributed by atoms with E-state index in [4.69, 9.17) is 27.5 Å². The Morgan fingerprint density at radius 1 is 1.05 bits per heavy atom. The molecule has 37 heavy (non-hydrogen) atoms. The van der Waals surface area contributed by atoms with Crippen LogP contribution in [0.15, 0.2) is 42.6 Å². The molecular weight excluding hydrogens is 488 g/mol. The molecular formula is C28H31ClN6O2. The summed E-state index contributed by atoms with van der Waals surface area (Å²) in [5.41, 5.74) is 5.48. The third kappa shape index (κ3) is 6.08. The number of halogens is 1. The van der Waals surface area contributed by atoms with Crippen LogP contribution >= 0.6 is 11.6 Å². The largest absolute Gasteiger partial charge is 0.494 e. The molecule has 1 aromatic heterocycles. The molecule has 0 atom stereocenters. The molecule has 9 heteroatoms. The van der Waals surface area contributed by atoms with Gasteiger partial charge in [-0.3, -0.25) is 4.90 Å². The fourth-order valence-electron chi connectivity index (χ4n) is 4.71. The number of benzene rings is 2. The fourth-order valence-corrected chi connectivity index (χ4v) is 4.85. The number of aromatic nitrogens is 2. The van der Waals surface area contributed by atoms with Crippen molar-refractivity contribution < 1.29 is 9.47 Å². The summed E-state index contributed by atoms with van der Waals surface area (Å²) in [5, 5.41) is 7.06. The summed E-state index contributed by atoms with van der Waals surface area (Å²) in [5.74, 6) is 4.41. The predicted octanol–water partition coefficient (Wildman–Crippen LogP) is 4.50. The van der Waals surface area contributed by atoms with E-state index in [-0.39, 0.29) is 0 Å². The molecule has 8 nitrogen and oxygen atoms in total. The summed E-state index contributed by atoms with van der Waals surface area (Å²) in [4.78, 5) is 13.6. The van der Waals surface area contributed by atoms with Gasteiger partial charge in [0.15, 0.2) is 5.82 Å².